The van der Waals surface area contributed by atoms with E-state index in [1.807, 2.05) is 0 Å². The van der Waals surface area contributed by atoms with Crippen LogP contribution in [0.2, 0.25) is 0 Å². The molecule has 0 saturated heterocycles. The number of carbonyl (C=O) groups is 1. The zero-order valence-corrected chi connectivity index (χ0v) is 14.5. The fraction of sp³-hybridized carbons (Fsp3) is 0.111. The molecule has 0 aliphatic heterocycles. The van der Waals surface area contributed by atoms with Gasteiger partial charge in [0.05, 0.1) is 16.8 Å². The number of rotatable bonds is 5. The first-order valence-electron chi connectivity index (χ1n) is 7.63. The van der Waals surface area contributed by atoms with Gasteiger partial charge < -0.3 is 9.84 Å². The molecular weight excluding hydrogens is 405 g/mol. The van der Waals surface area contributed by atoms with E-state index in [2.05, 4.69) is 4.98 Å². The Morgan fingerprint density at radius 2 is 1.64 bits per heavy atom. The predicted molar refractivity (Wildman–Crippen MR) is 91.0 cm³/mol. The Kier molecular flexibility index (Phi) is 5.32. The zero-order valence-electron chi connectivity index (χ0n) is 13.7. The second-order valence-corrected chi connectivity index (χ2v) is 6.49. The SMILES string of the molecule is O=C(O)c1ccc(-c2nc(Oc3ccc(C(F)(F)F)cc3)sc2C(F)F)cc1. The molecule has 1 N–H and O–H groups in total. The van der Waals surface area contributed by atoms with Gasteiger partial charge in [0, 0.05) is 5.56 Å². The van der Waals surface area contributed by atoms with E-state index in [1.54, 1.807) is 0 Å². The summed E-state index contributed by atoms with van der Waals surface area (Å²) in [5.41, 5.74) is -0.706. The highest BCUT2D eigenvalue weighted by Gasteiger charge is 2.30. The molecule has 0 amide bonds. The van der Waals surface area contributed by atoms with Crippen molar-refractivity contribution in [2.45, 2.75) is 12.6 Å². The highest BCUT2D eigenvalue weighted by molar-refractivity contribution is 7.14. The topological polar surface area (TPSA) is 59.4 Å². The van der Waals surface area contributed by atoms with E-state index in [0.717, 1.165) is 24.3 Å². The summed E-state index contributed by atoms with van der Waals surface area (Å²) in [5, 5.41) is 8.73. The number of benzene rings is 2. The van der Waals surface area contributed by atoms with Crippen molar-refractivity contribution in [1.29, 1.82) is 0 Å². The summed E-state index contributed by atoms with van der Waals surface area (Å²) >= 11 is 0.556. The highest BCUT2D eigenvalue weighted by Crippen LogP contribution is 2.40. The third-order valence-corrected chi connectivity index (χ3v) is 4.56. The molecule has 10 heteroatoms. The van der Waals surface area contributed by atoms with E-state index in [0.29, 0.717) is 11.3 Å². The molecule has 3 rings (SSSR count). The van der Waals surface area contributed by atoms with Crippen molar-refractivity contribution in [1.82, 2.24) is 4.98 Å². The fourth-order valence-corrected chi connectivity index (χ4v) is 3.11. The Balaban J connectivity index is 1.89. The van der Waals surface area contributed by atoms with Crippen LogP contribution in [0.1, 0.15) is 27.2 Å². The Morgan fingerprint density at radius 1 is 1.04 bits per heavy atom. The van der Waals surface area contributed by atoms with Gasteiger partial charge in [0.15, 0.2) is 0 Å². The highest BCUT2D eigenvalue weighted by atomic mass is 32.1. The van der Waals surface area contributed by atoms with Gasteiger partial charge in [0.25, 0.3) is 11.6 Å². The molecule has 1 aromatic heterocycles. The monoisotopic (exact) mass is 415 g/mol. The normalized spacial score (nSPS) is 11.6. The Labute approximate surface area is 158 Å². The first kappa shape index (κ1) is 19.7. The maximum Gasteiger partial charge on any atom is 0.416 e. The molecule has 0 fully saturated rings. The molecule has 4 nitrogen and oxygen atoms in total. The van der Waals surface area contributed by atoms with E-state index in [-0.39, 0.29) is 27.8 Å². The van der Waals surface area contributed by atoms with Crippen molar-refractivity contribution in [3.63, 3.8) is 0 Å². The Morgan fingerprint density at radius 3 is 2.14 bits per heavy atom. The molecule has 0 bridgehead atoms. The van der Waals surface area contributed by atoms with Gasteiger partial charge in [-0.15, -0.1) is 0 Å². The average Bonchev–Trinajstić information content (AvgIpc) is 3.05. The molecule has 0 spiro atoms. The lowest BCUT2D eigenvalue weighted by atomic mass is 10.1. The van der Waals surface area contributed by atoms with Crippen molar-refractivity contribution >= 4 is 17.3 Å². The van der Waals surface area contributed by atoms with Gasteiger partial charge in [-0.1, -0.05) is 23.5 Å². The zero-order chi connectivity index (χ0) is 20.5. The maximum atomic E-state index is 13.4. The van der Waals surface area contributed by atoms with Crippen LogP contribution >= 0.6 is 11.3 Å². The number of halogens is 5. The summed E-state index contributed by atoms with van der Waals surface area (Å²) in [4.78, 5) is 14.5. The predicted octanol–water partition coefficient (Wildman–Crippen LogP) is 6.26. The number of aromatic nitrogens is 1. The molecule has 0 unspecified atom stereocenters. The third-order valence-electron chi connectivity index (χ3n) is 3.62. The van der Waals surface area contributed by atoms with Crippen molar-refractivity contribution in [3.8, 4) is 22.2 Å². The van der Waals surface area contributed by atoms with Gasteiger partial charge in [-0.25, -0.2) is 18.6 Å². The standard InChI is InChI=1S/C18H10F5NO3S/c19-15(20)14-13(9-1-3-10(4-2-9)16(25)26)24-17(28-14)27-12-7-5-11(6-8-12)18(21,22)23/h1-8,15H,(H,25,26). The first-order chi connectivity index (χ1) is 13.1. The third kappa shape index (κ3) is 4.28. The van der Waals surface area contributed by atoms with Gasteiger partial charge >= 0.3 is 12.1 Å². The lowest BCUT2D eigenvalue weighted by Gasteiger charge is -2.07. The van der Waals surface area contributed by atoms with E-state index in [4.69, 9.17) is 9.84 Å². The van der Waals surface area contributed by atoms with E-state index >= 15 is 0 Å². The van der Waals surface area contributed by atoms with Crippen molar-refractivity contribution < 1.29 is 36.6 Å². The molecule has 0 radical (unpaired) electrons. The second kappa shape index (κ2) is 7.55. The minimum atomic E-state index is -4.50. The van der Waals surface area contributed by atoms with Gasteiger partial charge in [-0.05, 0) is 36.4 Å². The average molecular weight is 415 g/mol. The molecule has 28 heavy (non-hydrogen) atoms. The fourth-order valence-electron chi connectivity index (χ4n) is 2.29. The number of hydrogen-bond acceptors (Lipinski definition) is 4. The van der Waals surface area contributed by atoms with Crippen LogP contribution in [0.4, 0.5) is 22.0 Å². The molecule has 2 aromatic carbocycles. The minimum Gasteiger partial charge on any atom is -0.478 e. The minimum absolute atomic E-state index is 0.00958. The van der Waals surface area contributed by atoms with Crippen LogP contribution in [0.3, 0.4) is 0 Å². The number of alkyl halides is 5. The molecule has 146 valence electrons. The van der Waals surface area contributed by atoms with Crippen LogP contribution in [0.5, 0.6) is 10.9 Å². The molecule has 1 heterocycles. The molecular formula is C18H10F5NO3S. The number of nitrogens with zero attached hydrogens (tertiary/aromatic N) is 1. The summed E-state index contributed by atoms with van der Waals surface area (Å²) in [6.45, 7) is 0. The van der Waals surface area contributed by atoms with Gasteiger partial charge in [-0.3, -0.25) is 0 Å². The summed E-state index contributed by atoms with van der Waals surface area (Å²) in [6, 6.07) is 8.93. The maximum absolute atomic E-state index is 13.4. The van der Waals surface area contributed by atoms with Crippen LogP contribution in [0.25, 0.3) is 11.3 Å². The summed E-state index contributed by atoms with van der Waals surface area (Å²) in [5.74, 6) is -1.15. The molecule has 0 aliphatic rings. The summed E-state index contributed by atoms with van der Waals surface area (Å²) in [7, 11) is 0. The number of hydrogen-bond donors (Lipinski definition) is 1. The summed E-state index contributed by atoms with van der Waals surface area (Å²) < 4.78 is 69.8. The molecule has 0 atom stereocenters. The smallest absolute Gasteiger partial charge is 0.416 e. The van der Waals surface area contributed by atoms with E-state index in [1.165, 1.54) is 24.3 Å². The Hall–Kier alpha value is -3.01. The second-order valence-electron chi connectivity index (χ2n) is 5.50. The number of ether oxygens (including phenoxy) is 1. The molecule has 0 saturated carbocycles. The van der Waals surface area contributed by atoms with Crippen LogP contribution in [-0.4, -0.2) is 16.1 Å². The number of carboxylic acids is 1. The van der Waals surface area contributed by atoms with E-state index in [9.17, 15) is 26.7 Å². The van der Waals surface area contributed by atoms with Crippen LogP contribution in [-0.2, 0) is 6.18 Å². The van der Waals surface area contributed by atoms with Gasteiger partial charge in [-0.2, -0.15) is 13.2 Å². The first-order valence-corrected chi connectivity index (χ1v) is 8.44. The van der Waals surface area contributed by atoms with Crippen molar-refractivity contribution in [2.75, 3.05) is 0 Å². The van der Waals surface area contributed by atoms with Gasteiger partial charge in [0.1, 0.15) is 10.6 Å². The number of carboxylic acid groups (broad SMARTS) is 1. The largest absolute Gasteiger partial charge is 0.478 e. The molecule has 0 aliphatic carbocycles. The molecule has 3 aromatic rings. The van der Waals surface area contributed by atoms with Crippen molar-refractivity contribution in [3.05, 3.63) is 64.5 Å². The Bertz CT molecular complexity index is 982. The lowest BCUT2D eigenvalue weighted by Crippen LogP contribution is -2.03. The number of thiazole rings is 1. The number of aromatic carboxylic acids is 1. The summed E-state index contributed by atoms with van der Waals surface area (Å²) in [6.07, 6.45) is -7.37. The van der Waals surface area contributed by atoms with Crippen LogP contribution < -0.4 is 4.74 Å². The van der Waals surface area contributed by atoms with Crippen molar-refractivity contribution in [2.24, 2.45) is 0 Å². The van der Waals surface area contributed by atoms with Gasteiger partial charge in [0.2, 0.25) is 0 Å². The lowest BCUT2D eigenvalue weighted by molar-refractivity contribution is -0.137. The van der Waals surface area contributed by atoms with E-state index < -0.39 is 29.0 Å². The van der Waals surface area contributed by atoms with Crippen LogP contribution in [0, 0.1) is 0 Å². The van der Waals surface area contributed by atoms with Crippen LogP contribution in [0.15, 0.2) is 48.5 Å². The quantitative estimate of drug-likeness (QED) is 0.500.